The fourth-order valence-corrected chi connectivity index (χ4v) is 3.90. The molecule has 1 unspecified atom stereocenters. The minimum atomic E-state index is -2.85. The van der Waals surface area contributed by atoms with Gasteiger partial charge in [-0.2, -0.15) is 0 Å². The Morgan fingerprint density at radius 2 is 2.00 bits per heavy atom. The number of nitrogens with one attached hydrogen (secondary N) is 1. The molecule has 0 radical (unpaired) electrons. The molecule has 0 amide bonds. The molecule has 0 aliphatic carbocycles. The first-order chi connectivity index (χ1) is 8.87. The lowest BCUT2D eigenvalue weighted by atomic mass is 10.1. The maximum atomic E-state index is 13.4. The highest BCUT2D eigenvalue weighted by atomic mass is 35.5. The van der Waals surface area contributed by atoms with Gasteiger partial charge in [-0.1, -0.05) is 17.7 Å². The fourth-order valence-electron chi connectivity index (χ4n) is 2.29. The Bertz CT molecular complexity index is 548. The number of halogens is 2. The van der Waals surface area contributed by atoms with Gasteiger partial charge in [-0.15, -0.1) is 0 Å². The van der Waals surface area contributed by atoms with Crippen LogP contribution in [-0.4, -0.2) is 26.0 Å². The van der Waals surface area contributed by atoms with E-state index in [9.17, 15) is 12.8 Å². The van der Waals surface area contributed by atoms with Crippen LogP contribution in [0.5, 0.6) is 0 Å². The zero-order valence-corrected chi connectivity index (χ0v) is 12.3. The zero-order valence-electron chi connectivity index (χ0n) is 10.7. The first-order valence-electron chi connectivity index (χ1n) is 6.29. The number of hydrogen-bond acceptors (Lipinski definition) is 3. The summed E-state index contributed by atoms with van der Waals surface area (Å²) < 4.78 is 36.1. The first-order valence-corrected chi connectivity index (χ1v) is 8.49. The molecule has 0 bridgehead atoms. The number of benzene rings is 1. The lowest BCUT2D eigenvalue weighted by Gasteiger charge is -2.27. The van der Waals surface area contributed by atoms with E-state index in [2.05, 4.69) is 5.32 Å². The molecule has 0 spiro atoms. The lowest BCUT2D eigenvalue weighted by Crippen LogP contribution is -2.38. The molecule has 1 heterocycles. The van der Waals surface area contributed by atoms with Crippen molar-refractivity contribution in [2.75, 3.05) is 11.5 Å². The van der Waals surface area contributed by atoms with Gasteiger partial charge >= 0.3 is 0 Å². The molecule has 6 heteroatoms. The van der Waals surface area contributed by atoms with Crippen LogP contribution in [0.25, 0.3) is 0 Å². The van der Waals surface area contributed by atoms with Crippen molar-refractivity contribution < 1.29 is 12.8 Å². The highest BCUT2D eigenvalue weighted by Gasteiger charge is 2.24. The highest BCUT2D eigenvalue weighted by molar-refractivity contribution is 7.91. The minimum Gasteiger partial charge on any atom is -0.307 e. The summed E-state index contributed by atoms with van der Waals surface area (Å²) in [6.07, 6.45) is 1.23. The molecule has 1 aliphatic rings. The van der Waals surface area contributed by atoms with Gasteiger partial charge in [0.25, 0.3) is 0 Å². The predicted octanol–water partition coefficient (Wildman–Crippen LogP) is 2.71. The normalized spacial score (nSPS) is 21.2. The van der Waals surface area contributed by atoms with Gasteiger partial charge in [0.1, 0.15) is 15.7 Å². The molecule has 1 aromatic carbocycles. The van der Waals surface area contributed by atoms with E-state index in [0.29, 0.717) is 12.8 Å². The van der Waals surface area contributed by atoms with E-state index >= 15 is 0 Å². The Kier molecular flexibility index (Phi) is 4.48. The van der Waals surface area contributed by atoms with Crippen molar-refractivity contribution in [3.63, 3.8) is 0 Å². The van der Waals surface area contributed by atoms with E-state index in [-0.39, 0.29) is 28.6 Å². The molecule has 106 valence electrons. The van der Waals surface area contributed by atoms with Crippen LogP contribution in [0.1, 0.15) is 31.4 Å². The molecule has 1 aliphatic heterocycles. The summed E-state index contributed by atoms with van der Waals surface area (Å²) >= 11 is 5.65. The minimum absolute atomic E-state index is 0.0300. The monoisotopic (exact) mass is 305 g/mol. The summed E-state index contributed by atoms with van der Waals surface area (Å²) in [4.78, 5) is 0. The Balaban J connectivity index is 1.97. The van der Waals surface area contributed by atoms with Crippen molar-refractivity contribution in [2.24, 2.45) is 0 Å². The number of rotatable bonds is 3. The number of hydrogen-bond donors (Lipinski definition) is 1. The first kappa shape index (κ1) is 14.8. The smallest absolute Gasteiger partial charge is 0.150 e. The van der Waals surface area contributed by atoms with Crippen molar-refractivity contribution >= 4 is 21.4 Å². The van der Waals surface area contributed by atoms with Crippen molar-refractivity contribution in [1.82, 2.24) is 5.32 Å². The van der Waals surface area contributed by atoms with Crippen LogP contribution < -0.4 is 5.32 Å². The van der Waals surface area contributed by atoms with E-state index in [0.717, 1.165) is 5.56 Å². The molecule has 3 nitrogen and oxygen atoms in total. The predicted molar refractivity (Wildman–Crippen MR) is 74.6 cm³/mol. The summed E-state index contributed by atoms with van der Waals surface area (Å²) in [6.45, 7) is 1.94. The maximum Gasteiger partial charge on any atom is 0.150 e. The van der Waals surface area contributed by atoms with Crippen LogP contribution in [-0.2, 0) is 9.84 Å². The van der Waals surface area contributed by atoms with Crippen LogP contribution in [0.3, 0.4) is 0 Å². The van der Waals surface area contributed by atoms with Gasteiger partial charge in [-0.3, -0.25) is 0 Å². The molecule has 1 fully saturated rings. The molecule has 1 atom stereocenters. The summed E-state index contributed by atoms with van der Waals surface area (Å²) in [5.74, 6) is 0.0256. The van der Waals surface area contributed by atoms with E-state index in [1.807, 2.05) is 6.92 Å². The van der Waals surface area contributed by atoms with Crippen LogP contribution in [0.4, 0.5) is 4.39 Å². The maximum absolute atomic E-state index is 13.4. The molecular formula is C13H17ClFNO2S. The van der Waals surface area contributed by atoms with E-state index < -0.39 is 15.7 Å². The number of sulfone groups is 1. The molecule has 1 N–H and O–H groups in total. The third-order valence-electron chi connectivity index (χ3n) is 3.48. The van der Waals surface area contributed by atoms with Crippen LogP contribution in [0, 0.1) is 5.82 Å². The van der Waals surface area contributed by atoms with Crippen molar-refractivity contribution in [2.45, 2.75) is 31.8 Å². The van der Waals surface area contributed by atoms with Gasteiger partial charge < -0.3 is 5.32 Å². The van der Waals surface area contributed by atoms with Crippen molar-refractivity contribution in [3.8, 4) is 0 Å². The standard InChI is InChI=1S/C13H17ClFNO2S/c1-9(10-2-3-12(14)13(15)8-10)16-11-4-6-19(17,18)7-5-11/h2-3,8-9,11,16H,4-7H2,1H3. The summed E-state index contributed by atoms with van der Waals surface area (Å²) in [6, 6.07) is 4.87. The third-order valence-corrected chi connectivity index (χ3v) is 5.51. The summed E-state index contributed by atoms with van der Waals surface area (Å²) in [7, 11) is -2.85. The molecule has 0 aromatic heterocycles. The van der Waals surface area contributed by atoms with Crippen LogP contribution >= 0.6 is 11.6 Å². The van der Waals surface area contributed by atoms with Crippen molar-refractivity contribution in [3.05, 3.63) is 34.6 Å². The average molecular weight is 306 g/mol. The van der Waals surface area contributed by atoms with Crippen LogP contribution in [0.2, 0.25) is 5.02 Å². The molecule has 19 heavy (non-hydrogen) atoms. The van der Waals surface area contributed by atoms with E-state index in [4.69, 9.17) is 11.6 Å². The summed E-state index contributed by atoms with van der Waals surface area (Å²) in [5.41, 5.74) is 0.815. The molecule has 1 saturated heterocycles. The average Bonchev–Trinajstić information content (AvgIpc) is 2.35. The summed E-state index contributed by atoms with van der Waals surface area (Å²) in [5, 5.41) is 3.46. The quantitative estimate of drug-likeness (QED) is 0.934. The molecule has 1 aromatic rings. The van der Waals surface area contributed by atoms with E-state index in [1.54, 1.807) is 6.07 Å². The second kappa shape index (κ2) is 5.77. The van der Waals surface area contributed by atoms with Crippen LogP contribution in [0.15, 0.2) is 18.2 Å². The Morgan fingerprint density at radius 1 is 1.37 bits per heavy atom. The van der Waals surface area contributed by atoms with Gasteiger partial charge in [0.15, 0.2) is 0 Å². The Morgan fingerprint density at radius 3 is 2.58 bits per heavy atom. The largest absolute Gasteiger partial charge is 0.307 e. The molecule has 0 saturated carbocycles. The molecular weight excluding hydrogens is 289 g/mol. The van der Waals surface area contributed by atoms with E-state index in [1.165, 1.54) is 12.1 Å². The molecule has 2 rings (SSSR count). The Hall–Kier alpha value is -0.650. The zero-order chi connectivity index (χ0) is 14.0. The van der Waals surface area contributed by atoms with Gasteiger partial charge in [0, 0.05) is 12.1 Å². The van der Waals surface area contributed by atoms with Gasteiger partial charge in [-0.25, -0.2) is 12.8 Å². The SMILES string of the molecule is CC(NC1CCS(=O)(=O)CC1)c1ccc(Cl)c(F)c1. The highest BCUT2D eigenvalue weighted by Crippen LogP contribution is 2.22. The fraction of sp³-hybridized carbons (Fsp3) is 0.538. The lowest BCUT2D eigenvalue weighted by molar-refractivity contribution is 0.419. The third kappa shape index (κ3) is 3.91. The second-order valence-electron chi connectivity index (χ2n) is 4.99. The van der Waals surface area contributed by atoms with Gasteiger partial charge in [0.2, 0.25) is 0 Å². The van der Waals surface area contributed by atoms with Gasteiger partial charge in [0.05, 0.1) is 16.5 Å². The second-order valence-corrected chi connectivity index (χ2v) is 7.70. The topological polar surface area (TPSA) is 46.2 Å². The Labute approximate surface area is 118 Å². The van der Waals surface area contributed by atoms with Crippen molar-refractivity contribution in [1.29, 1.82) is 0 Å². The van der Waals surface area contributed by atoms with Gasteiger partial charge in [-0.05, 0) is 37.5 Å².